The summed E-state index contributed by atoms with van der Waals surface area (Å²) in [6, 6.07) is 14.2. The number of alkyl halides is 3. The minimum Gasteiger partial charge on any atom is -0.496 e. The predicted octanol–water partition coefficient (Wildman–Crippen LogP) is 5.30. The molecule has 8 nitrogen and oxygen atoms in total. The highest BCUT2D eigenvalue weighted by molar-refractivity contribution is 6.08. The Kier molecular flexibility index (Phi) is 7.24. The minimum absolute atomic E-state index is 0.0739. The number of ether oxygens (including phenoxy) is 1. The summed E-state index contributed by atoms with van der Waals surface area (Å²) in [7, 11) is 5.27. The molecule has 4 aromatic rings. The molecule has 0 spiro atoms. The summed E-state index contributed by atoms with van der Waals surface area (Å²) in [5.41, 5.74) is 7.77. The second-order valence-electron chi connectivity index (χ2n) is 9.92. The average molecular weight is 551 g/mol. The number of halogens is 3. The van der Waals surface area contributed by atoms with Crippen LogP contribution in [0.2, 0.25) is 0 Å². The summed E-state index contributed by atoms with van der Waals surface area (Å²) < 4.78 is 46.3. The molecule has 40 heavy (non-hydrogen) atoms. The second kappa shape index (κ2) is 10.6. The average Bonchev–Trinajstić information content (AvgIpc) is 3.37. The largest absolute Gasteiger partial charge is 0.496 e. The topological polar surface area (TPSA) is 96.6 Å². The molecule has 5 rings (SSSR count). The lowest BCUT2D eigenvalue weighted by Gasteiger charge is -2.29. The number of nitrogens with zero attached hydrogens (tertiary/aromatic N) is 4. The Balaban J connectivity index is 1.51. The number of nitrogen functional groups attached to an aromatic ring is 1. The van der Waals surface area contributed by atoms with Crippen molar-refractivity contribution in [1.82, 2.24) is 14.9 Å². The van der Waals surface area contributed by atoms with E-state index in [1.54, 1.807) is 30.5 Å². The Morgan fingerprint density at radius 1 is 1.12 bits per heavy atom. The number of nitrogens with two attached hydrogens (primary N) is 1. The Bertz CT molecular complexity index is 1580. The highest BCUT2D eigenvalue weighted by Crippen LogP contribution is 2.37. The highest BCUT2D eigenvalue weighted by atomic mass is 19.4. The number of likely N-dealkylation sites (N-methyl/N-ethyl adjacent to an activating group) is 2. The van der Waals surface area contributed by atoms with E-state index >= 15 is 0 Å². The Morgan fingerprint density at radius 2 is 1.88 bits per heavy atom. The van der Waals surface area contributed by atoms with Crippen LogP contribution in [-0.2, 0) is 6.18 Å². The summed E-state index contributed by atoms with van der Waals surface area (Å²) in [6.45, 7) is 1.65. The van der Waals surface area contributed by atoms with Crippen LogP contribution in [0.4, 0.5) is 30.5 Å². The molecule has 0 aliphatic carbocycles. The molecule has 0 bridgehead atoms. The van der Waals surface area contributed by atoms with Gasteiger partial charge in [0, 0.05) is 31.2 Å². The Labute approximate surface area is 229 Å². The van der Waals surface area contributed by atoms with Crippen molar-refractivity contribution in [1.29, 1.82) is 0 Å². The van der Waals surface area contributed by atoms with Crippen molar-refractivity contribution in [2.24, 2.45) is 0 Å². The van der Waals surface area contributed by atoms with Gasteiger partial charge in [-0.2, -0.15) is 13.2 Å². The number of carbonyl (C=O) groups excluding carboxylic acids is 1. The van der Waals surface area contributed by atoms with E-state index in [-0.39, 0.29) is 29.0 Å². The molecule has 1 fully saturated rings. The SMILES string of the molecule is COc1ccc(-c2ccc3nc(N)ncc3c2)cc1C(=O)Nc1cc(C(F)(F)F)ccc1N(C)C1CCN(C)C1. The summed E-state index contributed by atoms with van der Waals surface area (Å²) in [5.74, 6) is -0.131. The number of hydrogen-bond acceptors (Lipinski definition) is 7. The summed E-state index contributed by atoms with van der Waals surface area (Å²) >= 11 is 0. The molecule has 1 aliphatic heterocycles. The van der Waals surface area contributed by atoms with Gasteiger partial charge in [0.15, 0.2) is 0 Å². The Morgan fingerprint density at radius 3 is 2.58 bits per heavy atom. The van der Waals surface area contributed by atoms with Crippen LogP contribution in [0.5, 0.6) is 5.75 Å². The number of nitrogens with one attached hydrogen (secondary N) is 1. The maximum atomic E-state index is 13.6. The molecule has 1 aromatic heterocycles. The van der Waals surface area contributed by atoms with Gasteiger partial charge >= 0.3 is 6.18 Å². The number of aromatic nitrogens is 2. The summed E-state index contributed by atoms with van der Waals surface area (Å²) in [6.07, 6.45) is -2.08. The van der Waals surface area contributed by atoms with Gasteiger partial charge in [0.1, 0.15) is 5.75 Å². The van der Waals surface area contributed by atoms with Gasteiger partial charge in [0.05, 0.1) is 35.1 Å². The molecule has 1 atom stereocenters. The lowest BCUT2D eigenvalue weighted by Crippen LogP contribution is -2.34. The molecular formula is C29H29F3N6O2. The van der Waals surface area contributed by atoms with Gasteiger partial charge in [-0.3, -0.25) is 4.79 Å². The molecule has 3 aromatic carbocycles. The quantitative estimate of drug-likeness (QED) is 0.336. The number of rotatable bonds is 6. The van der Waals surface area contributed by atoms with E-state index in [0.29, 0.717) is 16.8 Å². The fraction of sp³-hybridized carbons (Fsp3) is 0.276. The molecule has 208 valence electrons. The van der Waals surface area contributed by atoms with Gasteiger partial charge in [0.25, 0.3) is 5.91 Å². The van der Waals surface area contributed by atoms with Crippen LogP contribution in [0.3, 0.4) is 0 Å². The van der Waals surface area contributed by atoms with Crippen molar-refractivity contribution in [2.75, 3.05) is 50.2 Å². The lowest BCUT2D eigenvalue weighted by molar-refractivity contribution is -0.137. The maximum Gasteiger partial charge on any atom is 0.416 e. The second-order valence-corrected chi connectivity index (χ2v) is 9.92. The third-order valence-electron chi connectivity index (χ3n) is 7.24. The highest BCUT2D eigenvalue weighted by Gasteiger charge is 2.33. The fourth-order valence-corrected chi connectivity index (χ4v) is 5.03. The van der Waals surface area contributed by atoms with E-state index in [1.807, 2.05) is 31.1 Å². The standard InChI is InChI=1S/C29H29F3N6O2/c1-37-11-10-21(16-37)38(2)25-8-6-20(29(30,31)32)14-24(25)35-27(39)22-13-18(5-9-26(22)40-3)17-4-7-23-19(12-17)15-34-28(33)36-23/h4-9,12-15,21H,10-11,16H2,1-3H3,(H,35,39)(H2,33,34,36). The smallest absolute Gasteiger partial charge is 0.416 e. The third kappa shape index (κ3) is 5.50. The zero-order valence-corrected chi connectivity index (χ0v) is 22.3. The number of carbonyl (C=O) groups is 1. The van der Waals surface area contributed by atoms with E-state index in [2.05, 4.69) is 20.2 Å². The number of fused-ring (bicyclic) bond motifs is 1. The van der Waals surface area contributed by atoms with Crippen LogP contribution in [-0.4, -0.2) is 61.1 Å². The van der Waals surface area contributed by atoms with Crippen molar-refractivity contribution in [2.45, 2.75) is 18.6 Å². The molecule has 1 unspecified atom stereocenters. The zero-order chi connectivity index (χ0) is 28.6. The van der Waals surface area contributed by atoms with Crippen LogP contribution in [0, 0.1) is 0 Å². The zero-order valence-electron chi connectivity index (χ0n) is 22.3. The van der Waals surface area contributed by atoms with Crippen molar-refractivity contribution in [3.63, 3.8) is 0 Å². The number of amides is 1. The van der Waals surface area contributed by atoms with Crippen LogP contribution in [0.1, 0.15) is 22.3 Å². The molecule has 1 saturated heterocycles. The number of methoxy groups -OCH3 is 1. The fourth-order valence-electron chi connectivity index (χ4n) is 5.03. The maximum absolute atomic E-state index is 13.6. The van der Waals surface area contributed by atoms with Gasteiger partial charge in [-0.1, -0.05) is 12.1 Å². The Hall–Kier alpha value is -4.38. The molecule has 11 heteroatoms. The van der Waals surface area contributed by atoms with Crippen molar-refractivity contribution in [3.8, 4) is 16.9 Å². The number of likely N-dealkylation sites (tertiary alicyclic amines) is 1. The van der Waals surface area contributed by atoms with Crippen molar-refractivity contribution < 1.29 is 22.7 Å². The molecule has 3 N–H and O–H groups in total. The van der Waals surface area contributed by atoms with Gasteiger partial charge in [0.2, 0.25) is 5.95 Å². The first-order valence-corrected chi connectivity index (χ1v) is 12.7. The van der Waals surface area contributed by atoms with Crippen LogP contribution < -0.4 is 20.7 Å². The number of benzene rings is 3. The monoisotopic (exact) mass is 550 g/mol. The van der Waals surface area contributed by atoms with Gasteiger partial charge in [-0.15, -0.1) is 0 Å². The van der Waals surface area contributed by atoms with E-state index in [0.717, 1.165) is 42.6 Å². The van der Waals surface area contributed by atoms with Crippen molar-refractivity contribution in [3.05, 3.63) is 71.9 Å². The first-order valence-electron chi connectivity index (χ1n) is 12.7. The minimum atomic E-state index is -4.56. The van der Waals surface area contributed by atoms with E-state index in [9.17, 15) is 18.0 Å². The lowest BCUT2D eigenvalue weighted by atomic mass is 10.0. The molecule has 0 radical (unpaired) electrons. The molecular weight excluding hydrogens is 521 g/mol. The predicted molar refractivity (Wildman–Crippen MR) is 150 cm³/mol. The van der Waals surface area contributed by atoms with E-state index in [1.165, 1.54) is 13.2 Å². The number of hydrogen-bond donors (Lipinski definition) is 2. The van der Waals surface area contributed by atoms with Crippen LogP contribution >= 0.6 is 0 Å². The first-order chi connectivity index (χ1) is 19.0. The van der Waals surface area contributed by atoms with Crippen LogP contribution in [0.15, 0.2) is 60.8 Å². The van der Waals surface area contributed by atoms with Gasteiger partial charge < -0.3 is 25.6 Å². The normalized spacial score (nSPS) is 15.8. The van der Waals surface area contributed by atoms with Gasteiger partial charge in [-0.25, -0.2) is 9.97 Å². The summed E-state index contributed by atoms with van der Waals surface area (Å²) in [5, 5.41) is 3.50. The third-order valence-corrected chi connectivity index (χ3v) is 7.24. The van der Waals surface area contributed by atoms with Crippen molar-refractivity contribution >= 4 is 34.1 Å². The molecule has 1 aliphatic rings. The molecule has 2 heterocycles. The summed E-state index contributed by atoms with van der Waals surface area (Å²) in [4.78, 5) is 25.9. The van der Waals surface area contributed by atoms with Crippen LogP contribution in [0.25, 0.3) is 22.0 Å². The first kappa shape index (κ1) is 27.2. The van der Waals surface area contributed by atoms with E-state index in [4.69, 9.17) is 10.5 Å². The number of anilines is 3. The van der Waals surface area contributed by atoms with Gasteiger partial charge in [-0.05, 0) is 73.6 Å². The van der Waals surface area contributed by atoms with E-state index < -0.39 is 17.6 Å². The molecule has 1 amide bonds. The molecule has 0 saturated carbocycles.